The Labute approximate surface area is 65.1 Å². The molecule has 0 spiro atoms. The predicted molar refractivity (Wildman–Crippen MR) is 38.4 cm³/mol. The van der Waals surface area contributed by atoms with Crippen molar-refractivity contribution in [1.29, 1.82) is 0 Å². The van der Waals surface area contributed by atoms with Crippen molar-refractivity contribution in [3.63, 3.8) is 0 Å². The Morgan fingerprint density at radius 2 is 2.27 bits per heavy atom. The molecule has 0 heterocycles. The quantitative estimate of drug-likeness (QED) is 0.349. The second-order valence-corrected chi connectivity index (χ2v) is 2.12. The van der Waals surface area contributed by atoms with Crippen LogP contribution in [0.4, 0.5) is 0 Å². The van der Waals surface area contributed by atoms with E-state index in [-0.39, 0.29) is 6.42 Å². The molecule has 0 radical (unpaired) electrons. The van der Waals surface area contributed by atoms with E-state index < -0.39 is 11.9 Å². The summed E-state index contributed by atoms with van der Waals surface area (Å²) in [4.78, 5) is 10.4. The molecule has 0 unspecified atom stereocenters. The van der Waals surface area contributed by atoms with E-state index in [9.17, 15) is 4.79 Å². The van der Waals surface area contributed by atoms with Crippen LogP contribution in [-0.2, 0) is 9.53 Å². The fraction of sp³-hybridized carbons (Fsp3) is 0.571. The second-order valence-electron chi connectivity index (χ2n) is 2.12. The molecule has 0 aromatic heterocycles. The highest BCUT2D eigenvalue weighted by atomic mass is 16.8. The lowest BCUT2D eigenvalue weighted by molar-refractivity contribution is -0.319. The standard InChI is InChI=1S/C7H12O4/c1-3-5-7(9,10)11-6(8)4-2/h4,9-10H,2-3,5H2,1H3. The molecule has 0 aliphatic rings. The zero-order chi connectivity index (χ0) is 8.91. The summed E-state index contributed by atoms with van der Waals surface area (Å²) in [6.45, 7) is 4.85. The summed E-state index contributed by atoms with van der Waals surface area (Å²) in [6.07, 6.45) is 1.38. The summed E-state index contributed by atoms with van der Waals surface area (Å²) in [5, 5.41) is 17.8. The van der Waals surface area contributed by atoms with E-state index >= 15 is 0 Å². The average Bonchev–Trinajstić information content (AvgIpc) is 1.86. The van der Waals surface area contributed by atoms with Gasteiger partial charge in [0.15, 0.2) is 0 Å². The summed E-state index contributed by atoms with van der Waals surface area (Å²) in [6, 6.07) is 0. The Bertz CT molecular complexity index is 151. The molecule has 11 heavy (non-hydrogen) atoms. The van der Waals surface area contributed by atoms with Crippen LogP contribution in [0.2, 0.25) is 0 Å². The van der Waals surface area contributed by atoms with Crippen LogP contribution >= 0.6 is 0 Å². The molecule has 0 fully saturated rings. The summed E-state index contributed by atoms with van der Waals surface area (Å²) >= 11 is 0. The molecule has 0 amide bonds. The molecule has 4 nitrogen and oxygen atoms in total. The zero-order valence-corrected chi connectivity index (χ0v) is 6.41. The van der Waals surface area contributed by atoms with Gasteiger partial charge in [0.1, 0.15) is 0 Å². The molecule has 2 N–H and O–H groups in total. The van der Waals surface area contributed by atoms with Crippen molar-refractivity contribution in [3.8, 4) is 0 Å². The van der Waals surface area contributed by atoms with Crippen molar-refractivity contribution in [1.82, 2.24) is 0 Å². The van der Waals surface area contributed by atoms with Crippen LogP contribution in [0, 0.1) is 0 Å². The highest BCUT2D eigenvalue weighted by Crippen LogP contribution is 2.10. The average molecular weight is 160 g/mol. The van der Waals surface area contributed by atoms with Crippen molar-refractivity contribution < 1.29 is 19.7 Å². The molecule has 4 heteroatoms. The van der Waals surface area contributed by atoms with Gasteiger partial charge in [-0.25, -0.2) is 4.79 Å². The fourth-order valence-electron chi connectivity index (χ4n) is 0.579. The van der Waals surface area contributed by atoms with E-state index in [0.717, 1.165) is 6.08 Å². The molecule has 0 saturated heterocycles. The second kappa shape index (κ2) is 4.10. The van der Waals surface area contributed by atoms with Gasteiger partial charge in [0.25, 0.3) is 0 Å². The number of esters is 1. The van der Waals surface area contributed by atoms with Gasteiger partial charge in [0.2, 0.25) is 0 Å². The first-order valence-corrected chi connectivity index (χ1v) is 3.32. The molecule has 0 rings (SSSR count). The molecule has 0 aliphatic heterocycles. The van der Waals surface area contributed by atoms with Crippen molar-refractivity contribution in [2.75, 3.05) is 0 Å². The van der Waals surface area contributed by atoms with Gasteiger partial charge in [-0.1, -0.05) is 13.5 Å². The number of hydrogen-bond donors (Lipinski definition) is 2. The highest BCUT2D eigenvalue weighted by molar-refractivity contribution is 5.81. The molecule has 0 atom stereocenters. The number of aliphatic hydroxyl groups is 2. The number of rotatable bonds is 4. The lowest BCUT2D eigenvalue weighted by atomic mass is 10.3. The fourth-order valence-corrected chi connectivity index (χ4v) is 0.579. The first kappa shape index (κ1) is 10.1. The highest BCUT2D eigenvalue weighted by Gasteiger charge is 2.25. The third kappa shape index (κ3) is 4.52. The first-order chi connectivity index (χ1) is 5.02. The molecule has 0 bridgehead atoms. The number of carbonyl (C=O) groups excluding carboxylic acids is 1. The van der Waals surface area contributed by atoms with Gasteiger partial charge >= 0.3 is 11.9 Å². The van der Waals surface area contributed by atoms with E-state index in [2.05, 4.69) is 11.3 Å². The lowest BCUT2D eigenvalue weighted by Gasteiger charge is -2.19. The maximum atomic E-state index is 10.4. The Hall–Kier alpha value is -0.870. The molecular formula is C7H12O4. The van der Waals surface area contributed by atoms with E-state index in [1.165, 1.54) is 0 Å². The maximum Gasteiger partial charge on any atom is 0.334 e. The minimum atomic E-state index is -2.35. The minimum absolute atomic E-state index is 0.00736. The van der Waals surface area contributed by atoms with Crippen molar-refractivity contribution in [3.05, 3.63) is 12.7 Å². The summed E-state index contributed by atoms with van der Waals surface area (Å²) < 4.78 is 4.18. The normalized spacial score (nSPS) is 10.8. The van der Waals surface area contributed by atoms with E-state index in [1.807, 2.05) is 0 Å². The SMILES string of the molecule is C=CC(=O)OC(O)(O)CCC. The van der Waals surface area contributed by atoms with Crippen LogP contribution in [-0.4, -0.2) is 22.2 Å². The van der Waals surface area contributed by atoms with Gasteiger partial charge in [-0.05, 0) is 6.42 Å². The van der Waals surface area contributed by atoms with Gasteiger partial charge in [0, 0.05) is 12.5 Å². The topological polar surface area (TPSA) is 66.8 Å². The predicted octanol–water partition coefficient (Wildman–Crippen LogP) is 0.154. The van der Waals surface area contributed by atoms with Crippen LogP contribution in [0.25, 0.3) is 0 Å². The summed E-state index contributed by atoms with van der Waals surface area (Å²) in [7, 11) is 0. The van der Waals surface area contributed by atoms with Gasteiger partial charge < -0.3 is 14.9 Å². The third-order valence-electron chi connectivity index (χ3n) is 1.01. The zero-order valence-electron chi connectivity index (χ0n) is 6.41. The lowest BCUT2D eigenvalue weighted by Crippen LogP contribution is -2.33. The Morgan fingerprint density at radius 1 is 1.73 bits per heavy atom. The molecule has 0 saturated carbocycles. The number of carbonyl (C=O) groups is 1. The largest absolute Gasteiger partial charge is 0.405 e. The van der Waals surface area contributed by atoms with Crippen LogP contribution < -0.4 is 0 Å². The third-order valence-corrected chi connectivity index (χ3v) is 1.01. The molecule has 0 aromatic carbocycles. The van der Waals surface area contributed by atoms with Crippen LogP contribution in [0.15, 0.2) is 12.7 Å². The number of ether oxygens (including phenoxy) is 1. The minimum Gasteiger partial charge on any atom is -0.405 e. The van der Waals surface area contributed by atoms with Crippen LogP contribution in [0.3, 0.4) is 0 Å². The number of hydrogen-bond acceptors (Lipinski definition) is 4. The van der Waals surface area contributed by atoms with Gasteiger partial charge in [-0.2, -0.15) is 0 Å². The molecule has 64 valence electrons. The van der Waals surface area contributed by atoms with Crippen molar-refractivity contribution >= 4 is 5.97 Å². The smallest absolute Gasteiger partial charge is 0.334 e. The van der Waals surface area contributed by atoms with Gasteiger partial charge in [-0.3, -0.25) is 0 Å². The van der Waals surface area contributed by atoms with Crippen molar-refractivity contribution in [2.24, 2.45) is 0 Å². The molecule has 0 aliphatic carbocycles. The molecule has 0 aromatic rings. The van der Waals surface area contributed by atoms with Crippen molar-refractivity contribution in [2.45, 2.75) is 25.7 Å². The van der Waals surface area contributed by atoms with Gasteiger partial charge in [-0.15, -0.1) is 0 Å². The molecular weight excluding hydrogens is 148 g/mol. The van der Waals surface area contributed by atoms with Gasteiger partial charge in [0.05, 0.1) is 0 Å². The Kier molecular flexibility index (Phi) is 3.78. The monoisotopic (exact) mass is 160 g/mol. The van der Waals surface area contributed by atoms with Crippen LogP contribution in [0.1, 0.15) is 19.8 Å². The van der Waals surface area contributed by atoms with E-state index in [4.69, 9.17) is 10.2 Å². The summed E-state index contributed by atoms with van der Waals surface area (Å²) in [5.74, 6) is -3.19. The van der Waals surface area contributed by atoms with E-state index in [0.29, 0.717) is 6.42 Å². The Morgan fingerprint density at radius 3 is 2.64 bits per heavy atom. The Balaban J connectivity index is 3.89. The first-order valence-electron chi connectivity index (χ1n) is 3.32. The maximum absolute atomic E-state index is 10.4. The van der Waals surface area contributed by atoms with Crippen LogP contribution in [0.5, 0.6) is 0 Å². The van der Waals surface area contributed by atoms with E-state index in [1.54, 1.807) is 6.92 Å². The summed E-state index contributed by atoms with van der Waals surface area (Å²) in [5.41, 5.74) is 0.